The van der Waals surface area contributed by atoms with Crippen molar-refractivity contribution in [1.82, 2.24) is 20.1 Å². The predicted molar refractivity (Wildman–Crippen MR) is 169 cm³/mol. The molecular formula is C32H33F3N6O2S. The third kappa shape index (κ3) is 7.43. The predicted octanol–water partition coefficient (Wildman–Crippen LogP) is 7.10. The Hall–Kier alpha value is -4.29. The third-order valence-electron chi connectivity index (χ3n) is 7.05. The van der Waals surface area contributed by atoms with E-state index >= 15 is 0 Å². The van der Waals surface area contributed by atoms with Crippen molar-refractivity contribution in [3.05, 3.63) is 95.9 Å². The molecule has 2 N–H and O–H groups in total. The van der Waals surface area contributed by atoms with Crippen molar-refractivity contribution in [2.75, 3.05) is 17.2 Å². The zero-order chi connectivity index (χ0) is 31.4. The number of allylic oxidation sites excluding steroid dienone is 1. The third-order valence-corrected chi connectivity index (χ3v) is 8.02. The van der Waals surface area contributed by atoms with Crippen molar-refractivity contribution in [3.8, 4) is 22.8 Å². The number of aryl methyl sites for hydroxylation is 1. The molecule has 0 saturated carbocycles. The minimum atomic E-state index is -4.75. The summed E-state index contributed by atoms with van der Waals surface area (Å²) in [6, 6.07) is 19.3. The minimum absolute atomic E-state index is 0.308. The van der Waals surface area contributed by atoms with Crippen LogP contribution in [0.4, 0.5) is 18.9 Å². The van der Waals surface area contributed by atoms with Gasteiger partial charge in [0, 0.05) is 29.7 Å². The van der Waals surface area contributed by atoms with E-state index in [9.17, 15) is 18.3 Å². The van der Waals surface area contributed by atoms with Crippen LogP contribution in [0.25, 0.3) is 22.6 Å². The summed E-state index contributed by atoms with van der Waals surface area (Å²) in [6.07, 6.45) is -2.63. The summed E-state index contributed by atoms with van der Waals surface area (Å²) in [5, 5.41) is 18.9. The quantitative estimate of drug-likeness (QED) is 0.193. The Morgan fingerprint density at radius 1 is 1.09 bits per heavy atom. The Kier molecular flexibility index (Phi) is 9.31. The molecule has 2 heterocycles. The second-order valence-electron chi connectivity index (χ2n) is 10.6. The average molecular weight is 623 g/mol. The number of hydrogen-bond acceptors (Lipinski definition) is 7. The second kappa shape index (κ2) is 13.1. The lowest BCUT2D eigenvalue weighted by molar-refractivity contribution is -0.274. The van der Waals surface area contributed by atoms with Crippen LogP contribution in [0.3, 0.4) is 0 Å². The first kappa shape index (κ1) is 31.1. The molecule has 1 aliphatic rings. The molecule has 5 rings (SSSR count). The van der Waals surface area contributed by atoms with Gasteiger partial charge in [-0.15, -0.1) is 18.3 Å². The largest absolute Gasteiger partial charge is 0.573 e. The molecule has 1 unspecified atom stereocenters. The summed E-state index contributed by atoms with van der Waals surface area (Å²) in [7, 11) is 0. The monoisotopic (exact) mass is 622 g/mol. The average Bonchev–Trinajstić information content (AvgIpc) is 3.66. The summed E-state index contributed by atoms with van der Waals surface area (Å²) in [4.78, 5) is 11.1. The van der Waals surface area contributed by atoms with E-state index in [1.165, 1.54) is 46.4 Å². The maximum atomic E-state index is 12.4. The van der Waals surface area contributed by atoms with E-state index in [4.69, 9.17) is 0 Å². The van der Waals surface area contributed by atoms with Gasteiger partial charge in [0.2, 0.25) is 6.35 Å². The van der Waals surface area contributed by atoms with Crippen LogP contribution in [0.1, 0.15) is 43.4 Å². The van der Waals surface area contributed by atoms with E-state index in [2.05, 4.69) is 69.0 Å². The molecule has 0 bridgehead atoms. The lowest BCUT2D eigenvalue weighted by atomic mass is 9.95. The van der Waals surface area contributed by atoms with Crippen LogP contribution in [-0.4, -0.2) is 50.1 Å². The van der Waals surface area contributed by atoms with Gasteiger partial charge in [0.1, 0.15) is 12.1 Å². The van der Waals surface area contributed by atoms with Crippen LogP contribution < -0.4 is 15.0 Å². The zero-order valence-corrected chi connectivity index (χ0v) is 25.5. The van der Waals surface area contributed by atoms with E-state index < -0.39 is 12.7 Å². The van der Waals surface area contributed by atoms with Crippen molar-refractivity contribution in [2.45, 2.75) is 46.3 Å². The van der Waals surface area contributed by atoms with Gasteiger partial charge in [-0.25, -0.2) is 14.7 Å². The topological polar surface area (TPSA) is 87.8 Å². The van der Waals surface area contributed by atoms with Gasteiger partial charge >= 0.3 is 6.36 Å². The van der Waals surface area contributed by atoms with Crippen LogP contribution in [0.15, 0.2) is 84.2 Å². The minimum Gasteiger partial charge on any atom is -0.406 e. The van der Waals surface area contributed by atoms with Gasteiger partial charge in [-0.3, -0.25) is 0 Å². The number of aliphatic hydroxyl groups is 1. The van der Waals surface area contributed by atoms with Gasteiger partial charge in [-0.1, -0.05) is 62.0 Å². The van der Waals surface area contributed by atoms with E-state index in [0.29, 0.717) is 17.4 Å². The van der Waals surface area contributed by atoms with Gasteiger partial charge in [0.15, 0.2) is 11.0 Å². The first-order valence-electron chi connectivity index (χ1n) is 14.1. The summed E-state index contributed by atoms with van der Waals surface area (Å²) < 4.78 is 42.7. The van der Waals surface area contributed by atoms with Crippen LogP contribution >= 0.6 is 11.8 Å². The summed E-state index contributed by atoms with van der Waals surface area (Å²) in [6.45, 7) is 9.26. The Morgan fingerprint density at radius 2 is 1.82 bits per heavy atom. The van der Waals surface area contributed by atoms with Crippen molar-refractivity contribution in [2.24, 2.45) is 4.99 Å². The number of halogens is 3. The molecule has 0 radical (unpaired) electrons. The van der Waals surface area contributed by atoms with Gasteiger partial charge < -0.3 is 20.1 Å². The molecule has 8 nitrogen and oxygen atoms in total. The van der Waals surface area contributed by atoms with Crippen molar-refractivity contribution in [3.63, 3.8) is 0 Å². The SMILES string of the molecule is C/C(=C\NC(O)N=C1SCCN1c1cccc(C)c1C(C)C)c1ccc(-c2ncn(-c3ccc(OC(F)(F)F)cc3)n2)cc1. The second-order valence-corrected chi connectivity index (χ2v) is 11.6. The van der Waals surface area contributed by atoms with Crippen LogP contribution in [0, 0.1) is 6.92 Å². The van der Waals surface area contributed by atoms with E-state index in [0.717, 1.165) is 39.9 Å². The van der Waals surface area contributed by atoms with Crippen LogP contribution in [-0.2, 0) is 0 Å². The molecule has 44 heavy (non-hydrogen) atoms. The van der Waals surface area contributed by atoms with Crippen LogP contribution in [0.5, 0.6) is 5.75 Å². The van der Waals surface area contributed by atoms with Gasteiger partial charge in [0.25, 0.3) is 0 Å². The first-order chi connectivity index (χ1) is 21.0. The Bertz CT molecular complexity index is 1650. The van der Waals surface area contributed by atoms with Crippen molar-refractivity contribution >= 4 is 28.2 Å². The fraction of sp³-hybridized carbons (Fsp3) is 0.281. The fourth-order valence-electron chi connectivity index (χ4n) is 5.01. The molecule has 4 aromatic rings. The molecular weight excluding hydrogens is 589 g/mol. The lowest BCUT2D eigenvalue weighted by Crippen LogP contribution is -2.30. The highest BCUT2D eigenvalue weighted by molar-refractivity contribution is 8.14. The number of alkyl halides is 3. The molecule has 1 fully saturated rings. The normalized spacial score (nSPS) is 15.7. The number of benzene rings is 3. The van der Waals surface area contributed by atoms with Gasteiger partial charge in [-0.2, -0.15) is 0 Å². The molecule has 1 aliphatic heterocycles. The molecule has 3 aromatic carbocycles. The Balaban J connectivity index is 1.23. The Morgan fingerprint density at radius 3 is 2.50 bits per heavy atom. The molecule has 1 atom stereocenters. The fourth-order valence-corrected chi connectivity index (χ4v) is 5.99. The number of aliphatic hydroxyl groups excluding tert-OH is 1. The number of nitrogens with zero attached hydrogens (tertiary/aromatic N) is 5. The molecule has 12 heteroatoms. The standard InChI is InChI=1S/C32H33F3N6O2S/c1-20(2)28-21(3)6-5-7-27(28)40-16-17-44-31(40)38-30(42)36-18-22(4)23-8-10-24(11-9-23)29-37-19-41(39-29)25-12-14-26(15-13-25)43-32(33,34)35/h5-15,18-20,30,36,42H,16-17H2,1-4H3/b22-18+,38-31?. The number of aliphatic imine (C=N–C) groups is 1. The summed E-state index contributed by atoms with van der Waals surface area (Å²) >= 11 is 1.63. The maximum absolute atomic E-state index is 12.4. The number of anilines is 1. The number of ether oxygens (including phenoxy) is 1. The molecule has 0 spiro atoms. The molecule has 0 amide bonds. The molecule has 230 valence electrons. The van der Waals surface area contributed by atoms with E-state index in [1.54, 1.807) is 18.0 Å². The van der Waals surface area contributed by atoms with E-state index in [-0.39, 0.29) is 5.75 Å². The number of amidine groups is 1. The van der Waals surface area contributed by atoms with E-state index in [1.807, 2.05) is 31.2 Å². The number of thioether (sulfide) groups is 1. The number of hydrogen-bond donors (Lipinski definition) is 2. The highest BCUT2D eigenvalue weighted by Crippen LogP contribution is 2.35. The van der Waals surface area contributed by atoms with Crippen molar-refractivity contribution in [1.29, 1.82) is 0 Å². The van der Waals surface area contributed by atoms with Gasteiger partial charge in [0.05, 0.1) is 5.69 Å². The van der Waals surface area contributed by atoms with Crippen LogP contribution in [0.2, 0.25) is 0 Å². The number of nitrogens with one attached hydrogen (secondary N) is 1. The zero-order valence-electron chi connectivity index (χ0n) is 24.7. The summed E-state index contributed by atoms with van der Waals surface area (Å²) in [5.41, 5.74) is 6.81. The number of rotatable bonds is 9. The maximum Gasteiger partial charge on any atom is 0.573 e. The first-order valence-corrected chi connectivity index (χ1v) is 15.0. The van der Waals surface area contributed by atoms with Gasteiger partial charge in [-0.05, 0) is 72.4 Å². The molecule has 1 saturated heterocycles. The lowest BCUT2D eigenvalue weighted by Gasteiger charge is -2.25. The molecule has 0 aliphatic carbocycles. The highest BCUT2D eigenvalue weighted by Gasteiger charge is 2.31. The smallest absolute Gasteiger partial charge is 0.406 e. The summed E-state index contributed by atoms with van der Waals surface area (Å²) in [5.74, 6) is 1.42. The van der Waals surface area contributed by atoms with Crippen molar-refractivity contribution < 1.29 is 23.0 Å². The molecule has 1 aromatic heterocycles. The Labute approximate surface area is 258 Å². The highest BCUT2D eigenvalue weighted by atomic mass is 32.2. The number of aromatic nitrogens is 3.